The predicted molar refractivity (Wildman–Crippen MR) is 86.6 cm³/mol. The van der Waals surface area contributed by atoms with Gasteiger partial charge in [-0.2, -0.15) is 0 Å². The summed E-state index contributed by atoms with van der Waals surface area (Å²) in [5.41, 5.74) is 1.34. The molecule has 2 saturated carbocycles. The lowest BCUT2D eigenvalue weighted by molar-refractivity contribution is 0.186. The van der Waals surface area contributed by atoms with Crippen LogP contribution < -0.4 is 10.1 Å². The molecule has 1 N–H and O–H groups in total. The van der Waals surface area contributed by atoms with Crippen molar-refractivity contribution in [3.8, 4) is 5.75 Å². The van der Waals surface area contributed by atoms with Crippen molar-refractivity contribution in [3.05, 3.63) is 29.8 Å². The van der Waals surface area contributed by atoms with Crippen molar-refractivity contribution in [2.75, 3.05) is 20.2 Å². The maximum absolute atomic E-state index is 5.86. The monoisotopic (exact) mass is 288 g/mol. The predicted octanol–water partition coefficient (Wildman–Crippen LogP) is 3.05. The molecule has 1 aromatic rings. The molecular weight excluding hydrogens is 260 g/mol. The zero-order valence-corrected chi connectivity index (χ0v) is 13.3. The molecule has 1 unspecified atom stereocenters. The van der Waals surface area contributed by atoms with Crippen LogP contribution in [-0.2, 0) is 6.54 Å². The minimum absolute atomic E-state index is 0.699. The third-order valence-corrected chi connectivity index (χ3v) is 4.81. The van der Waals surface area contributed by atoms with Gasteiger partial charge in [0, 0.05) is 25.2 Å². The van der Waals surface area contributed by atoms with Crippen LogP contribution in [0.5, 0.6) is 5.75 Å². The minimum atomic E-state index is 0.699. The summed E-state index contributed by atoms with van der Waals surface area (Å²) in [6.45, 7) is 5.09. The Balaban J connectivity index is 1.36. The zero-order chi connectivity index (χ0) is 14.7. The Bertz CT molecular complexity index is 437. The van der Waals surface area contributed by atoms with Gasteiger partial charge in [0.2, 0.25) is 0 Å². The number of benzene rings is 1. The summed E-state index contributed by atoms with van der Waals surface area (Å²) < 4.78 is 5.86. The van der Waals surface area contributed by atoms with E-state index < -0.39 is 0 Å². The van der Waals surface area contributed by atoms with E-state index in [4.69, 9.17) is 4.74 Å². The smallest absolute Gasteiger partial charge is 0.119 e. The van der Waals surface area contributed by atoms with Crippen molar-refractivity contribution >= 4 is 0 Å². The number of hydrogen-bond acceptors (Lipinski definition) is 3. The van der Waals surface area contributed by atoms with Crippen molar-refractivity contribution in [1.82, 2.24) is 10.2 Å². The quantitative estimate of drug-likeness (QED) is 0.756. The molecular formula is C18H28N2O. The SMILES string of the molecule is CC(C1CC1)N(C)CCOc1ccc(CNC2CC2)cc1. The van der Waals surface area contributed by atoms with Crippen LogP contribution in [0.2, 0.25) is 0 Å². The Hall–Kier alpha value is -1.06. The Morgan fingerprint density at radius 2 is 1.90 bits per heavy atom. The van der Waals surface area contributed by atoms with Gasteiger partial charge in [-0.25, -0.2) is 0 Å². The molecule has 0 aliphatic heterocycles. The third-order valence-electron chi connectivity index (χ3n) is 4.81. The highest BCUT2D eigenvalue weighted by Gasteiger charge is 2.30. The molecule has 2 fully saturated rings. The molecule has 21 heavy (non-hydrogen) atoms. The summed E-state index contributed by atoms with van der Waals surface area (Å²) in [6, 6.07) is 9.99. The van der Waals surface area contributed by atoms with Gasteiger partial charge in [-0.05, 0) is 63.3 Å². The molecule has 0 saturated heterocycles. The second kappa shape index (κ2) is 6.80. The number of hydrogen-bond donors (Lipinski definition) is 1. The molecule has 0 bridgehead atoms. The van der Waals surface area contributed by atoms with Crippen molar-refractivity contribution in [2.24, 2.45) is 5.92 Å². The molecule has 0 amide bonds. The maximum Gasteiger partial charge on any atom is 0.119 e. The average Bonchev–Trinajstić information content (AvgIpc) is 3.39. The fourth-order valence-corrected chi connectivity index (χ4v) is 2.70. The summed E-state index contributed by atoms with van der Waals surface area (Å²) in [6.07, 6.45) is 5.49. The molecule has 0 aromatic heterocycles. The van der Waals surface area contributed by atoms with Crippen molar-refractivity contribution < 1.29 is 4.74 Å². The summed E-state index contributed by atoms with van der Waals surface area (Å²) >= 11 is 0. The highest BCUT2D eigenvalue weighted by Crippen LogP contribution is 2.34. The van der Waals surface area contributed by atoms with Crippen LogP contribution in [0.15, 0.2) is 24.3 Å². The van der Waals surface area contributed by atoms with E-state index in [9.17, 15) is 0 Å². The number of rotatable bonds is 9. The van der Waals surface area contributed by atoms with Gasteiger partial charge in [-0.1, -0.05) is 12.1 Å². The van der Waals surface area contributed by atoms with E-state index in [2.05, 4.69) is 48.5 Å². The van der Waals surface area contributed by atoms with Crippen molar-refractivity contribution in [1.29, 1.82) is 0 Å². The fraction of sp³-hybridized carbons (Fsp3) is 0.667. The summed E-state index contributed by atoms with van der Waals surface area (Å²) in [5, 5.41) is 3.53. The first kappa shape index (κ1) is 14.9. The van der Waals surface area contributed by atoms with Gasteiger partial charge < -0.3 is 15.0 Å². The van der Waals surface area contributed by atoms with Crippen LogP contribution in [0.4, 0.5) is 0 Å². The van der Waals surface area contributed by atoms with E-state index in [0.29, 0.717) is 6.04 Å². The van der Waals surface area contributed by atoms with Crippen LogP contribution in [0.25, 0.3) is 0 Å². The first-order valence-electron chi connectivity index (χ1n) is 8.38. The molecule has 2 aliphatic rings. The molecule has 1 aromatic carbocycles. The Morgan fingerprint density at radius 1 is 1.19 bits per heavy atom. The molecule has 116 valence electrons. The van der Waals surface area contributed by atoms with E-state index in [0.717, 1.165) is 37.4 Å². The largest absolute Gasteiger partial charge is 0.492 e. The van der Waals surface area contributed by atoms with Gasteiger partial charge in [0.05, 0.1) is 0 Å². The van der Waals surface area contributed by atoms with E-state index in [1.165, 1.54) is 31.2 Å². The molecule has 0 radical (unpaired) electrons. The van der Waals surface area contributed by atoms with Crippen LogP contribution in [-0.4, -0.2) is 37.2 Å². The van der Waals surface area contributed by atoms with Gasteiger partial charge in [0.25, 0.3) is 0 Å². The highest BCUT2D eigenvalue weighted by atomic mass is 16.5. The number of likely N-dealkylation sites (N-methyl/N-ethyl adjacent to an activating group) is 1. The zero-order valence-electron chi connectivity index (χ0n) is 13.3. The van der Waals surface area contributed by atoms with Crippen LogP contribution in [0.1, 0.15) is 38.2 Å². The van der Waals surface area contributed by atoms with Gasteiger partial charge in [0.15, 0.2) is 0 Å². The highest BCUT2D eigenvalue weighted by molar-refractivity contribution is 5.27. The molecule has 3 nitrogen and oxygen atoms in total. The number of nitrogens with one attached hydrogen (secondary N) is 1. The summed E-state index contributed by atoms with van der Waals surface area (Å²) in [7, 11) is 2.21. The lowest BCUT2D eigenvalue weighted by atomic mass is 10.2. The second-order valence-corrected chi connectivity index (χ2v) is 6.71. The fourth-order valence-electron chi connectivity index (χ4n) is 2.70. The van der Waals surface area contributed by atoms with Gasteiger partial charge >= 0.3 is 0 Å². The lowest BCUT2D eigenvalue weighted by Crippen LogP contribution is -2.34. The van der Waals surface area contributed by atoms with Crippen molar-refractivity contribution in [2.45, 2.75) is 51.2 Å². The first-order chi connectivity index (χ1) is 10.2. The van der Waals surface area contributed by atoms with Crippen LogP contribution in [0.3, 0.4) is 0 Å². The molecule has 0 heterocycles. The first-order valence-corrected chi connectivity index (χ1v) is 8.38. The van der Waals surface area contributed by atoms with Gasteiger partial charge in [0.1, 0.15) is 12.4 Å². The summed E-state index contributed by atoms with van der Waals surface area (Å²) in [5.74, 6) is 1.91. The molecule has 0 spiro atoms. The van der Waals surface area contributed by atoms with E-state index in [1.54, 1.807) is 0 Å². The average molecular weight is 288 g/mol. The third kappa shape index (κ3) is 4.72. The minimum Gasteiger partial charge on any atom is -0.492 e. The lowest BCUT2D eigenvalue weighted by Gasteiger charge is -2.24. The van der Waals surface area contributed by atoms with Crippen LogP contribution >= 0.6 is 0 Å². The Kier molecular flexibility index (Phi) is 4.81. The van der Waals surface area contributed by atoms with E-state index in [1.807, 2.05) is 0 Å². The standard InChI is InChI=1S/C18H28N2O/c1-14(16-5-6-16)20(2)11-12-21-18-9-3-15(4-10-18)13-19-17-7-8-17/h3-4,9-10,14,16-17,19H,5-8,11-13H2,1-2H3. The molecule has 3 rings (SSSR count). The second-order valence-electron chi connectivity index (χ2n) is 6.71. The van der Waals surface area contributed by atoms with Crippen LogP contribution in [0, 0.1) is 5.92 Å². The topological polar surface area (TPSA) is 24.5 Å². The molecule has 1 atom stereocenters. The van der Waals surface area contributed by atoms with Gasteiger partial charge in [-0.15, -0.1) is 0 Å². The van der Waals surface area contributed by atoms with E-state index in [-0.39, 0.29) is 0 Å². The summed E-state index contributed by atoms with van der Waals surface area (Å²) in [4.78, 5) is 2.42. The molecule has 3 heteroatoms. The van der Waals surface area contributed by atoms with Gasteiger partial charge in [-0.3, -0.25) is 0 Å². The number of nitrogens with zero attached hydrogens (tertiary/aromatic N) is 1. The maximum atomic E-state index is 5.86. The molecule has 2 aliphatic carbocycles. The Labute approximate surface area is 128 Å². The number of ether oxygens (including phenoxy) is 1. The van der Waals surface area contributed by atoms with Crippen molar-refractivity contribution in [3.63, 3.8) is 0 Å². The van der Waals surface area contributed by atoms with E-state index >= 15 is 0 Å². The Morgan fingerprint density at radius 3 is 2.52 bits per heavy atom. The normalized spacial score (nSPS) is 19.8.